The van der Waals surface area contributed by atoms with Gasteiger partial charge in [-0.25, -0.2) is 8.42 Å². The highest BCUT2D eigenvalue weighted by Gasteiger charge is 2.18. The highest BCUT2D eigenvalue weighted by atomic mass is 32.2. The molecule has 0 aliphatic carbocycles. The van der Waals surface area contributed by atoms with E-state index in [0.29, 0.717) is 4.90 Å². The Morgan fingerprint density at radius 1 is 1.17 bits per heavy atom. The van der Waals surface area contributed by atoms with Crippen LogP contribution in [0.2, 0.25) is 0 Å². The molecule has 1 aromatic carbocycles. The number of hydrogen-bond donors (Lipinski definition) is 0. The van der Waals surface area contributed by atoms with Gasteiger partial charge in [-0.15, -0.1) is 0 Å². The topological polar surface area (TPSA) is 34.1 Å². The molecule has 2 rings (SSSR count). The van der Waals surface area contributed by atoms with Crippen molar-refractivity contribution in [2.75, 3.05) is 5.75 Å². The van der Waals surface area contributed by atoms with E-state index in [1.54, 1.807) is 18.2 Å². The van der Waals surface area contributed by atoms with Crippen molar-refractivity contribution < 1.29 is 8.42 Å². The van der Waals surface area contributed by atoms with E-state index in [9.17, 15) is 8.42 Å². The molecule has 1 heterocycles. The Bertz CT molecular complexity index is 430. The lowest BCUT2D eigenvalue weighted by Gasteiger charge is -2.09. The largest absolute Gasteiger partial charge is 0.223 e. The lowest BCUT2D eigenvalue weighted by atomic mass is 10.2. The Balaban J connectivity index is 2.77. The standard InChI is InChI=1S/C9H8O2S/c10-12(11)7-3-5-8-4-1-2-6-9(8)12/h1-6H,7H2. The molecule has 0 aromatic heterocycles. The summed E-state index contributed by atoms with van der Waals surface area (Å²) in [5.41, 5.74) is 0.795. The predicted molar refractivity (Wildman–Crippen MR) is 47.5 cm³/mol. The van der Waals surface area contributed by atoms with Crippen LogP contribution in [0.4, 0.5) is 0 Å². The number of sulfone groups is 1. The summed E-state index contributed by atoms with van der Waals surface area (Å²) in [6.07, 6.45) is 3.52. The van der Waals surface area contributed by atoms with Crippen LogP contribution < -0.4 is 0 Å². The van der Waals surface area contributed by atoms with E-state index in [-0.39, 0.29) is 5.75 Å². The first-order valence-corrected chi connectivity index (χ1v) is 5.34. The Morgan fingerprint density at radius 2 is 1.92 bits per heavy atom. The average Bonchev–Trinajstić information content (AvgIpc) is 2.04. The molecule has 0 bridgehead atoms. The molecule has 0 fully saturated rings. The molecule has 0 atom stereocenters. The minimum Gasteiger partial charge on any atom is -0.223 e. The van der Waals surface area contributed by atoms with E-state index in [1.165, 1.54) is 0 Å². The van der Waals surface area contributed by atoms with Crippen molar-refractivity contribution in [3.63, 3.8) is 0 Å². The maximum Gasteiger partial charge on any atom is 0.182 e. The van der Waals surface area contributed by atoms with Crippen molar-refractivity contribution in [2.45, 2.75) is 4.90 Å². The van der Waals surface area contributed by atoms with Gasteiger partial charge < -0.3 is 0 Å². The van der Waals surface area contributed by atoms with Gasteiger partial charge >= 0.3 is 0 Å². The van der Waals surface area contributed by atoms with Gasteiger partial charge in [0.1, 0.15) is 0 Å². The van der Waals surface area contributed by atoms with Crippen LogP contribution in [0, 0.1) is 0 Å². The van der Waals surface area contributed by atoms with Gasteiger partial charge in [0.25, 0.3) is 0 Å². The molecular formula is C9H8O2S. The Morgan fingerprint density at radius 3 is 2.67 bits per heavy atom. The smallest absolute Gasteiger partial charge is 0.182 e. The van der Waals surface area contributed by atoms with Gasteiger partial charge in [-0.3, -0.25) is 0 Å². The van der Waals surface area contributed by atoms with Crippen molar-refractivity contribution in [3.05, 3.63) is 35.9 Å². The number of rotatable bonds is 0. The van der Waals surface area contributed by atoms with E-state index in [2.05, 4.69) is 0 Å². The van der Waals surface area contributed by atoms with E-state index >= 15 is 0 Å². The second-order valence-corrected chi connectivity index (χ2v) is 4.72. The Kier molecular flexibility index (Phi) is 1.54. The quantitative estimate of drug-likeness (QED) is 0.606. The summed E-state index contributed by atoms with van der Waals surface area (Å²) in [6.45, 7) is 0. The molecule has 0 spiro atoms. The third-order valence-electron chi connectivity index (χ3n) is 1.87. The van der Waals surface area contributed by atoms with Gasteiger partial charge in [-0.05, 0) is 11.6 Å². The lowest BCUT2D eigenvalue weighted by molar-refractivity contribution is 0.598. The number of fused-ring (bicyclic) bond motifs is 1. The molecule has 12 heavy (non-hydrogen) atoms. The second kappa shape index (κ2) is 2.45. The van der Waals surface area contributed by atoms with Gasteiger partial charge in [-0.1, -0.05) is 30.4 Å². The zero-order chi connectivity index (χ0) is 8.60. The first-order chi connectivity index (χ1) is 5.70. The third kappa shape index (κ3) is 1.06. The van der Waals surface area contributed by atoms with Crippen LogP contribution >= 0.6 is 0 Å². The van der Waals surface area contributed by atoms with E-state index < -0.39 is 9.84 Å². The summed E-state index contributed by atoms with van der Waals surface area (Å²) in [6, 6.07) is 7.04. The fourth-order valence-corrected chi connectivity index (χ4v) is 2.60. The van der Waals surface area contributed by atoms with Crippen molar-refractivity contribution in [3.8, 4) is 0 Å². The van der Waals surface area contributed by atoms with Crippen molar-refractivity contribution in [1.82, 2.24) is 0 Å². The molecule has 2 nitrogen and oxygen atoms in total. The molecule has 0 unspecified atom stereocenters. The number of hydrogen-bond acceptors (Lipinski definition) is 2. The van der Waals surface area contributed by atoms with Crippen LogP contribution in [0.3, 0.4) is 0 Å². The highest BCUT2D eigenvalue weighted by molar-refractivity contribution is 7.91. The van der Waals surface area contributed by atoms with Crippen LogP contribution in [-0.4, -0.2) is 14.2 Å². The van der Waals surface area contributed by atoms with E-state index in [0.717, 1.165) is 5.56 Å². The molecule has 1 aliphatic heterocycles. The fourth-order valence-electron chi connectivity index (χ4n) is 1.29. The molecule has 1 aliphatic rings. The molecule has 0 radical (unpaired) electrons. The van der Waals surface area contributed by atoms with Crippen molar-refractivity contribution in [1.29, 1.82) is 0 Å². The zero-order valence-corrected chi connectivity index (χ0v) is 7.21. The lowest BCUT2D eigenvalue weighted by Crippen LogP contribution is -2.09. The zero-order valence-electron chi connectivity index (χ0n) is 6.40. The van der Waals surface area contributed by atoms with Crippen LogP contribution in [-0.2, 0) is 9.84 Å². The number of benzene rings is 1. The van der Waals surface area contributed by atoms with Gasteiger partial charge in [0.2, 0.25) is 0 Å². The molecule has 3 heteroatoms. The Hall–Kier alpha value is -1.09. The maximum absolute atomic E-state index is 11.4. The highest BCUT2D eigenvalue weighted by Crippen LogP contribution is 2.22. The maximum atomic E-state index is 11.4. The van der Waals surface area contributed by atoms with Gasteiger partial charge in [0, 0.05) is 0 Å². The first-order valence-electron chi connectivity index (χ1n) is 3.68. The first kappa shape index (κ1) is 7.55. The molecular weight excluding hydrogens is 172 g/mol. The SMILES string of the molecule is O=S1(=O)CC=Cc2ccccc21. The second-order valence-electron chi connectivity index (χ2n) is 2.72. The van der Waals surface area contributed by atoms with Crippen LogP contribution in [0.25, 0.3) is 6.08 Å². The van der Waals surface area contributed by atoms with Crippen molar-refractivity contribution >= 4 is 15.9 Å². The summed E-state index contributed by atoms with van der Waals surface area (Å²) >= 11 is 0. The minimum atomic E-state index is -3.03. The third-order valence-corrected chi connectivity index (χ3v) is 3.54. The molecule has 0 N–H and O–H groups in total. The van der Waals surface area contributed by atoms with E-state index in [1.807, 2.05) is 18.2 Å². The normalized spacial score (nSPS) is 18.7. The Labute approximate surface area is 71.5 Å². The fraction of sp³-hybridized carbons (Fsp3) is 0.111. The molecule has 0 saturated heterocycles. The monoisotopic (exact) mass is 180 g/mol. The van der Waals surface area contributed by atoms with Crippen LogP contribution in [0.5, 0.6) is 0 Å². The predicted octanol–water partition coefficient (Wildman–Crippen LogP) is 1.49. The van der Waals surface area contributed by atoms with Gasteiger partial charge in [0.05, 0.1) is 10.6 Å². The average molecular weight is 180 g/mol. The van der Waals surface area contributed by atoms with E-state index in [4.69, 9.17) is 0 Å². The van der Waals surface area contributed by atoms with Crippen LogP contribution in [0.15, 0.2) is 35.2 Å². The summed E-state index contributed by atoms with van der Waals surface area (Å²) in [7, 11) is -3.03. The summed E-state index contributed by atoms with van der Waals surface area (Å²) in [5, 5.41) is 0. The minimum absolute atomic E-state index is 0.129. The molecule has 0 amide bonds. The summed E-state index contributed by atoms with van der Waals surface area (Å²) in [5.74, 6) is 0.129. The summed E-state index contributed by atoms with van der Waals surface area (Å²) < 4.78 is 22.8. The molecule has 62 valence electrons. The van der Waals surface area contributed by atoms with Crippen LogP contribution in [0.1, 0.15) is 5.56 Å². The van der Waals surface area contributed by atoms with Gasteiger partial charge in [0.15, 0.2) is 9.84 Å². The summed E-state index contributed by atoms with van der Waals surface area (Å²) in [4.78, 5) is 0.451. The van der Waals surface area contributed by atoms with Crippen molar-refractivity contribution in [2.24, 2.45) is 0 Å². The van der Waals surface area contributed by atoms with Gasteiger partial charge in [-0.2, -0.15) is 0 Å². The molecule has 0 saturated carbocycles. The molecule has 1 aromatic rings.